The van der Waals surface area contributed by atoms with Gasteiger partial charge in [-0.2, -0.15) is 0 Å². The Bertz CT molecular complexity index is 622. The van der Waals surface area contributed by atoms with Gasteiger partial charge in [0.25, 0.3) is 0 Å². The lowest BCUT2D eigenvalue weighted by molar-refractivity contribution is 0.0525. The molecule has 0 aromatic carbocycles. The second-order valence-corrected chi connectivity index (χ2v) is 5.74. The molecule has 2 rings (SSSR count). The molecule has 120 valence electrons. The van der Waals surface area contributed by atoms with Gasteiger partial charge < -0.3 is 9.84 Å². The predicted molar refractivity (Wildman–Crippen MR) is 85.9 cm³/mol. The summed E-state index contributed by atoms with van der Waals surface area (Å²) in [6.45, 7) is 6.14. The van der Waals surface area contributed by atoms with Crippen LogP contribution in [0, 0.1) is 0 Å². The topological polar surface area (TPSA) is 89.4 Å². The summed E-state index contributed by atoms with van der Waals surface area (Å²) in [7, 11) is 0. The van der Waals surface area contributed by atoms with Gasteiger partial charge in [0.2, 0.25) is 10.0 Å². The maximum absolute atomic E-state index is 11.1. The third-order valence-corrected chi connectivity index (χ3v) is 4.21. The maximum Gasteiger partial charge on any atom is 0.367 e. The zero-order valence-corrected chi connectivity index (χ0v) is 14.3. The van der Waals surface area contributed by atoms with Crippen LogP contribution in [-0.4, -0.2) is 33.6 Å². The molecule has 0 bridgehead atoms. The number of nitrogens with zero attached hydrogens (tertiary/aromatic N) is 2. The van der Waals surface area contributed by atoms with E-state index in [2.05, 4.69) is 9.97 Å². The number of hydrogen-bond acceptors (Lipinski definition) is 7. The minimum Gasteiger partial charge on any atom is -0.476 e. The Morgan fingerprint density at radius 3 is 1.91 bits per heavy atom. The number of carboxylic acids is 1. The number of esters is 1. The van der Waals surface area contributed by atoms with Crippen LogP contribution in [0.5, 0.6) is 0 Å². The van der Waals surface area contributed by atoms with Crippen LogP contribution in [0.15, 0.2) is 10.8 Å². The number of hydrogen-bond donors (Lipinski definition) is 1. The van der Waals surface area contributed by atoms with Gasteiger partial charge >= 0.3 is 11.9 Å². The van der Waals surface area contributed by atoms with Gasteiger partial charge in [-0.25, -0.2) is 19.6 Å². The standard InChI is InChI=1S/C8H11NO2S.C6H7NO2S/c1-3-6-5-12-7(9-6)8(10)11-4-2;1-2-4-3-10-5(7-4)6(8)9/h5H,3-4H2,1-2H3;3H,2H2,1H3,(H,8,9). The van der Waals surface area contributed by atoms with Gasteiger partial charge in [-0.1, -0.05) is 13.8 Å². The summed E-state index contributed by atoms with van der Waals surface area (Å²) in [5, 5.41) is 12.7. The second-order valence-electron chi connectivity index (χ2n) is 4.02. The number of aromatic nitrogens is 2. The highest BCUT2D eigenvalue weighted by atomic mass is 32.1. The first-order chi connectivity index (χ1) is 10.5. The number of carbonyl (C=O) groups is 2. The molecule has 0 aliphatic rings. The Morgan fingerprint density at radius 2 is 1.55 bits per heavy atom. The summed E-state index contributed by atoms with van der Waals surface area (Å²) in [4.78, 5) is 29.3. The van der Waals surface area contributed by atoms with E-state index in [0.717, 1.165) is 24.2 Å². The average molecular weight is 342 g/mol. The number of rotatable bonds is 5. The smallest absolute Gasteiger partial charge is 0.367 e. The fraction of sp³-hybridized carbons (Fsp3) is 0.429. The molecule has 0 saturated carbocycles. The number of carbonyl (C=O) groups excluding carboxylic acids is 1. The predicted octanol–water partition coefficient (Wildman–Crippen LogP) is 3.29. The highest BCUT2D eigenvalue weighted by Crippen LogP contribution is 2.11. The van der Waals surface area contributed by atoms with Crippen LogP contribution in [0.2, 0.25) is 0 Å². The number of carboxylic acid groups (broad SMARTS) is 1. The van der Waals surface area contributed by atoms with Gasteiger partial charge in [0.1, 0.15) is 0 Å². The van der Waals surface area contributed by atoms with Gasteiger partial charge in [-0.3, -0.25) is 0 Å². The Morgan fingerprint density at radius 1 is 1.05 bits per heavy atom. The molecule has 0 saturated heterocycles. The van der Waals surface area contributed by atoms with Crippen molar-refractivity contribution in [3.8, 4) is 0 Å². The van der Waals surface area contributed by atoms with Gasteiger partial charge in [0.15, 0.2) is 0 Å². The van der Waals surface area contributed by atoms with Crippen molar-refractivity contribution < 1.29 is 19.4 Å². The zero-order chi connectivity index (χ0) is 16.5. The Kier molecular flexibility index (Phi) is 7.69. The fourth-order valence-corrected chi connectivity index (χ4v) is 2.85. The molecule has 0 spiro atoms. The van der Waals surface area contributed by atoms with Crippen molar-refractivity contribution in [2.45, 2.75) is 33.6 Å². The number of aryl methyl sites for hydroxylation is 2. The normalized spacial score (nSPS) is 9.77. The van der Waals surface area contributed by atoms with Crippen molar-refractivity contribution in [1.29, 1.82) is 0 Å². The van der Waals surface area contributed by atoms with Gasteiger partial charge in [0.05, 0.1) is 18.0 Å². The van der Waals surface area contributed by atoms with Crippen LogP contribution >= 0.6 is 22.7 Å². The highest BCUT2D eigenvalue weighted by molar-refractivity contribution is 7.11. The average Bonchev–Trinajstić information content (AvgIpc) is 3.17. The molecule has 1 N–H and O–H groups in total. The van der Waals surface area contributed by atoms with E-state index in [0.29, 0.717) is 11.6 Å². The van der Waals surface area contributed by atoms with E-state index in [4.69, 9.17) is 9.84 Å². The number of aromatic carboxylic acids is 1. The highest BCUT2D eigenvalue weighted by Gasteiger charge is 2.10. The summed E-state index contributed by atoms with van der Waals surface area (Å²) in [6, 6.07) is 0. The molecule has 0 radical (unpaired) electrons. The second kappa shape index (κ2) is 9.26. The van der Waals surface area contributed by atoms with E-state index in [-0.39, 0.29) is 11.0 Å². The van der Waals surface area contributed by atoms with Crippen LogP contribution in [-0.2, 0) is 17.6 Å². The van der Waals surface area contributed by atoms with E-state index in [1.807, 2.05) is 19.2 Å². The Balaban J connectivity index is 0.000000224. The summed E-state index contributed by atoms with van der Waals surface area (Å²) in [6.07, 6.45) is 1.65. The van der Waals surface area contributed by atoms with Gasteiger partial charge in [-0.15, -0.1) is 22.7 Å². The first-order valence-corrected chi connectivity index (χ1v) is 8.56. The molecule has 0 amide bonds. The third kappa shape index (κ3) is 5.53. The molecule has 0 fully saturated rings. The summed E-state index contributed by atoms with van der Waals surface area (Å²) in [5.74, 6) is -1.26. The molecular formula is C14H18N2O4S2. The molecule has 0 atom stereocenters. The monoisotopic (exact) mass is 342 g/mol. The van der Waals surface area contributed by atoms with Crippen molar-refractivity contribution in [1.82, 2.24) is 9.97 Å². The molecule has 2 aromatic rings. The van der Waals surface area contributed by atoms with Crippen molar-refractivity contribution in [2.75, 3.05) is 6.61 Å². The SMILES string of the molecule is CCOC(=O)c1nc(CC)cs1.CCc1csc(C(=O)O)n1. The quantitative estimate of drug-likeness (QED) is 0.839. The van der Waals surface area contributed by atoms with Crippen molar-refractivity contribution in [2.24, 2.45) is 0 Å². The molecule has 2 aromatic heterocycles. The summed E-state index contributed by atoms with van der Waals surface area (Å²) < 4.78 is 4.79. The van der Waals surface area contributed by atoms with Crippen molar-refractivity contribution >= 4 is 34.6 Å². The molecule has 22 heavy (non-hydrogen) atoms. The van der Waals surface area contributed by atoms with Crippen LogP contribution < -0.4 is 0 Å². The minimum absolute atomic E-state index is 0.178. The lowest BCUT2D eigenvalue weighted by Crippen LogP contribution is -2.03. The molecular weight excluding hydrogens is 324 g/mol. The fourth-order valence-electron chi connectivity index (χ4n) is 1.32. The van der Waals surface area contributed by atoms with Crippen LogP contribution in [0.25, 0.3) is 0 Å². The molecule has 0 aliphatic heterocycles. The maximum atomic E-state index is 11.1. The van der Waals surface area contributed by atoms with Crippen LogP contribution in [0.3, 0.4) is 0 Å². The van der Waals surface area contributed by atoms with Crippen LogP contribution in [0.4, 0.5) is 0 Å². The Hall–Kier alpha value is -1.80. The Labute approximate surface area is 136 Å². The lowest BCUT2D eigenvalue weighted by atomic mass is 10.4. The first-order valence-electron chi connectivity index (χ1n) is 6.80. The molecule has 6 nitrogen and oxygen atoms in total. The van der Waals surface area contributed by atoms with E-state index in [9.17, 15) is 9.59 Å². The first kappa shape index (κ1) is 18.2. The largest absolute Gasteiger partial charge is 0.476 e. The number of thiazole rings is 2. The van der Waals surface area contributed by atoms with Crippen LogP contribution in [0.1, 0.15) is 51.8 Å². The lowest BCUT2D eigenvalue weighted by Gasteiger charge is -1.95. The third-order valence-electron chi connectivity index (χ3n) is 2.46. The minimum atomic E-state index is -0.940. The van der Waals surface area contributed by atoms with E-state index >= 15 is 0 Å². The molecule has 2 heterocycles. The zero-order valence-electron chi connectivity index (χ0n) is 12.7. The van der Waals surface area contributed by atoms with Crippen molar-refractivity contribution in [3.63, 3.8) is 0 Å². The summed E-state index contributed by atoms with van der Waals surface area (Å²) in [5.41, 5.74) is 1.80. The van der Waals surface area contributed by atoms with E-state index in [1.165, 1.54) is 22.7 Å². The van der Waals surface area contributed by atoms with Gasteiger partial charge in [0, 0.05) is 10.8 Å². The van der Waals surface area contributed by atoms with E-state index in [1.54, 1.807) is 12.3 Å². The van der Waals surface area contributed by atoms with Crippen molar-refractivity contribution in [3.05, 3.63) is 32.2 Å². The number of ether oxygens (including phenoxy) is 1. The molecule has 0 aliphatic carbocycles. The summed E-state index contributed by atoms with van der Waals surface area (Å²) >= 11 is 2.51. The molecule has 8 heteroatoms. The van der Waals surface area contributed by atoms with Gasteiger partial charge in [-0.05, 0) is 19.8 Å². The molecule has 0 unspecified atom stereocenters. The van der Waals surface area contributed by atoms with E-state index < -0.39 is 5.97 Å².